The van der Waals surface area contributed by atoms with E-state index in [1.165, 1.54) is 18.4 Å². The minimum absolute atomic E-state index is 0.0393. The highest BCUT2D eigenvalue weighted by atomic mass is 127. The quantitative estimate of drug-likeness (QED) is 0.264. The highest BCUT2D eigenvalue weighted by Gasteiger charge is 2.31. The third kappa shape index (κ3) is 11.1. The van der Waals surface area contributed by atoms with Crippen LogP contribution in [0.3, 0.4) is 0 Å². The van der Waals surface area contributed by atoms with E-state index in [-0.39, 0.29) is 41.2 Å². The van der Waals surface area contributed by atoms with Crippen LogP contribution in [0.25, 0.3) is 0 Å². The molecule has 0 spiro atoms. The number of rotatable bonds is 13. The van der Waals surface area contributed by atoms with Gasteiger partial charge in [0.15, 0.2) is 9.84 Å². The van der Waals surface area contributed by atoms with Gasteiger partial charge >= 0.3 is 6.09 Å². The van der Waals surface area contributed by atoms with Gasteiger partial charge in [0, 0.05) is 56.6 Å². The fourth-order valence-electron chi connectivity index (χ4n) is 6.03. The molecule has 13 heteroatoms. The first-order chi connectivity index (χ1) is 21.5. The highest BCUT2D eigenvalue weighted by Crippen LogP contribution is 2.27. The predicted octanol–water partition coefficient (Wildman–Crippen LogP) is 5.57. The summed E-state index contributed by atoms with van der Waals surface area (Å²) in [6, 6.07) is 12.6. The number of piperidine rings is 1. The molecule has 2 aromatic rings. The lowest BCUT2D eigenvalue weighted by Crippen LogP contribution is -2.50. The van der Waals surface area contributed by atoms with E-state index < -0.39 is 22.0 Å². The normalized spacial score (nSPS) is 18.2. The van der Waals surface area contributed by atoms with Gasteiger partial charge in [0.05, 0.1) is 30.6 Å². The smallest absolute Gasteiger partial charge is 0.407 e. The Labute approximate surface area is 282 Å². The number of carbonyl (C=O) groups excluding carboxylic acids is 2. The van der Waals surface area contributed by atoms with Crippen molar-refractivity contribution in [1.82, 2.24) is 15.1 Å². The van der Waals surface area contributed by atoms with Crippen LogP contribution in [0.2, 0.25) is 0 Å². The minimum atomic E-state index is -3.30. The van der Waals surface area contributed by atoms with Crippen molar-refractivity contribution in [2.75, 3.05) is 44.9 Å². The molecular weight excluding hydrogens is 732 g/mol. The van der Waals surface area contributed by atoms with E-state index in [2.05, 4.69) is 38.3 Å². The lowest BCUT2D eigenvalue weighted by Gasteiger charge is -2.41. The van der Waals surface area contributed by atoms with E-state index in [0.29, 0.717) is 44.6 Å². The largest absolute Gasteiger partial charge is 0.446 e. The summed E-state index contributed by atoms with van der Waals surface area (Å²) in [5.41, 5.74) is 1.48. The molecule has 2 heterocycles. The summed E-state index contributed by atoms with van der Waals surface area (Å²) in [6.45, 7) is 5.48. The number of halogens is 2. The van der Waals surface area contributed by atoms with Gasteiger partial charge in [0.2, 0.25) is 5.91 Å². The molecule has 0 saturated carbocycles. The molecule has 2 atom stereocenters. The molecule has 0 bridgehead atoms. The zero-order chi connectivity index (χ0) is 32.4. The average molecular weight is 776 g/mol. The minimum Gasteiger partial charge on any atom is -0.446 e. The van der Waals surface area contributed by atoms with Crippen LogP contribution in [0.15, 0.2) is 53.4 Å². The van der Waals surface area contributed by atoms with E-state index in [4.69, 9.17) is 9.47 Å². The first kappa shape index (κ1) is 35.9. The predicted molar refractivity (Wildman–Crippen MR) is 183 cm³/mol. The lowest BCUT2D eigenvalue weighted by atomic mass is 9.96. The van der Waals surface area contributed by atoms with Crippen LogP contribution in [0.1, 0.15) is 56.2 Å². The summed E-state index contributed by atoms with van der Waals surface area (Å²) in [5, 5.41) is 2.99. The van der Waals surface area contributed by atoms with Crippen LogP contribution in [0, 0.1) is 5.82 Å². The molecule has 9 nitrogen and oxygen atoms in total. The van der Waals surface area contributed by atoms with E-state index in [1.807, 2.05) is 11.0 Å². The number of sulfone groups is 1. The number of amides is 2. The second-order valence-electron chi connectivity index (χ2n) is 11.8. The number of likely N-dealkylation sites (tertiary alicyclic amines) is 1. The zero-order valence-electron chi connectivity index (χ0n) is 25.8. The van der Waals surface area contributed by atoms with Gasteiger partial charge in [0.1, 0.15) is 11.9 Å². The molecule has 45 heavy (non-hydrogen) atoms. The van der Waals surface area contributed by atoms with E-state index >= 15 is 0 Å². The standard InChI is InChI=1S/C32H43FIN3O6S2/c1-23(20-30(25-4-3-5-26(33)22-25)35-32(39)43-28-12-17-42-18-13-28)36-14-10-27(11-15-36)37(16-19-44-34)31(38)21-24-6-8-29(9-7-24)45(2,40)41/h3-9,22-23,27-28,30H,10-21H2,1-2H3,(H,35,39). The lowest BCUT2D eigenvalue weighted by molar-refractivity contribution is -0.133. The van der Waals surface area contributed by atoms with E-state index in [9.17, 15) is 22.4 Å². The van der Waals surface area contributed by atoms with Crippen LogP contribution >= 0.6 is 30.1 Å². The van der Waals surface area contributed by atoms with Crippen LogP contribution < -0.4 is 5.32 Å². The SMILES string of the molecule is CC(CC(NC(=O)OC1CCOCC1)c1cccc(F)c1)N1CCC(N(CCSI)C(=O)Cc2ccc(S(C)(=O)=O)cc2)CC1. The number of ether oxygens (including phenoxy) is 2. The van der Waals surface area contributed by atoms with Crippen LogP contribution in [-0.4, -0.2) is 93.3 Å². The van der Waals surface area contributed by atoms with Crippen molar-refractivity contribution < 1.29 is 31.9 Å². The summed E-state index contributed by atoms with van der Waals surface area (Å²) in [5.74, 6) is 0.504. The Hall–Kier alpha value is -1.94. The number of hydrogen-bond acceptors (Lipinski definition) is 8. The molecule has 2 fully saturated rings. The maximum atomic E-state index is 14.2. The molecule has 1 N–H and O–H groups in total. The molecule has 2 aromatic carbocycles. The molecule has 0 radical (unpaired) electrons. The average Bonchev–Trinajstić information content (AvgIpc) is 3.01. The number of alkyl carbamates (subject to hydrolysis) is 1. The Bertz CT molecular complexity index is 1370. The summed E-state index contributed by atoms with van der Waals surface area (Å²) in [6.07, 6.45) is 4.24. The van der Waals surface area contributed by atoms with E-state index in [0.717, 1.165) is 37.2 Å². The maximum absolute atomic E-state index is 14.2. The van der Waals surface area contributed by atoms with Gasteiger partial charge in [-0.25, -0.2) is 17.6 Å². The highest BCUT2D eigenvalue weighted by molar-refractivity contribution is 14.2. The second kappa shape index (κ2) is 17.3. The van der Waals surface area contributed by atoms with Gasteiger partial charge < -0.3 is 24.6 Å². The van der Waals surface area contributed by atoms with Gasteiger partial charge in [-0.1, -0.05) is 33.2 Å². The fourth-order valence-corrected chi connectivity index (χ4v) is 7.51. The van der Waals surface area contributed by atoms with Crippen molar-refractivity contribution in [3.63, 3.8) is 0 Å². The van der Waals surface area contributed by atoms with Crippen LogP contribution in [0.4, 0.5) is 9.18 Å². The first-order valence-corrected chi connectivity index (χ1v) is 20.8. The maximum Gasteiger partial charge on any atom is 0.407 e. The van der Waals surface area contributed by atoms with E-state index in [1.54, 1.807) is 39.3 Å². The zero-order valence-corrected chi connectivity index (χ0v) is 29.6. The van der Waals surface area contributed by atoms with Gasteiger partial charge in [-0.3, -0.25) is 4.79 Å². The topological polar surface area (TPSA) is 105 Å². The van der Waals surface area contributed by atoms with Crippen molar-refractivity contribution in [3.8, 4) is 0 Å². The molecular formula is C32H43FIN3O6S2. The first-order valence-electron chi connectivity index (χ1n) is 15.4. The monoisotopic (exact) mass is 775 g/mol. The summed E-state index contributed by atoms with van der Waals surface area (Å²) in [7, 11) is -1.62. The Morgan fingerprint density at radius 2 is 1.82 bits per heavy atom. The molecule has 2 aliphatic rings. The summed E-state index contributed by atoms with van der Waals surface area (Å²) >= 11 is 2.25. The number of nitrogens with one attached hydrogen (secondary N) is 1. The summed E-state index contributed by atoms with van der Waals surface area (Å²) in [4.78, 5) is 30.9. The Balaban J connectivity index is 1.36. The third-order valence-corrected chi connectivity index (χ3v) is 11.3. The third-order valence-electron chi connectivity index (χ3n) is 8.56. The molecule has 2 aliphatic heterocycles. The van der Waals surface area contributed by atoms with Crippen molar-refractivity contribution in [3.05, 3.63) is 65.5 Å². The molecule has 4 rings (SSSR count). The molecule has 2 unspecified atom stereocenters. The Morgan fingerprint density at radius 1 is 1.13 bits per heavy atom. The Morgan fingerprint density at radius 3 is 2.44 bits per heavy atom. The molecule has 0 aromatic heterocycles. The Kier molecular flexibility index (Phi) is 13.8. The molecule has 2 saturated heterocycles. The number of benzene rings is 2. The van der Waals surface area contributed by atoms with Crippen LogP contribution in [0.5, 0.6) is 0 Å². The van der Waals surface area contributed by atoms with Gasteiger partial charge in [-0.05, 0) is 82.8 Å². The number of carbonyl (C=O) groups is 2. The van der Waals surface area contributed by atoms with Gasteiger partial charge in [-0.2, -0.15) is 0 Å². The van der Waals surface area contributed by atoms with Crippen molar-refractivity contribution in [2.24, 2.45) is 0 Å². The number of hydrogen-bond donors (Lipinski definition) is 1. The molecule has 248 valence electrons. The van der Waals surface area contributed by atoms with Crippen LogP contribution in [-0.2, 0) is 30.5 Å². The summed E-state index contributed by atoms with van der Waals surface area (Å²) < 4.78 is 48.8. The van der Waals surface area contributed by atoms with Crippen molar-refractivity contribution in [2.45, 2.75) is 74.6 Å². The fraction of sp³-hybridized carbons (Fsp3) is 0.562. The van der Waals surface area contributed by atoms with Crippen molar-refractivity contribution in [1.29, 1.82) is 0 Å². The van der Waals surface area contributed by atoms with Crippen molar-refractivity contribution >= 4 is 52.0 Å². The van der Waals surface area contributed by atoms with Gasteiger partial charge in [-0.15, -0.1) is 0 Å². The molecule has 0 aliphatic carbocycles. The molecule has 2 amide bonds. The number of nitrogens with zero attached hydrogens (tertiary/aromatic N) is 2. The van der Waals surface area contributed by atoms with Gasteiger partial charge in [0.25, 0.3) is 0 Å². The second-order valence-corrected chi connectivity index (χ2v) is 16.3.